The van der Waals surface area contributed by atoms with Crippen molar-refractivity contribution in [3.63, 3.8) is 0 Å². The van der Waals surface area contributed by atoms with Crippen LogP contribution in [0, 0.1) is 23.5 Å². The average Bonchev–Trinajstić information content (AvgIpc) is 3.32. The molecule has 1 atom stereocenters. The highest BCUT2D eigenvalue weighted by Gasteiger charge is 2.34. The van der Waals surface area contributed by atoms with E-state index in [4.69, 9.17) is 9.26 Å². The van der Waals surface area contributed by atoms with Crippen LogP contribution >= 0.6 is 0 Å². The second-order valence-electron chi connectivity index (χ2n) is 9.73. The molecule has 1 saturated heterocycles. The van der Waals surface area contributed by atoms with E-state index in [1.165, 1.54) is 6.26 Å². The molecule has 0 radical (unpaired) electrons. The zero-order chi connectivity index (χ0) is 24.9. The molecular formula is C26H33F2N3O4. The summed E-state index contributed by atoms with van der Waals surface area (Å²) >= 11 is 0. The summed E-state index contributed by atoms with van der Waals surface area (Å²) in [4.78, 5) is 26.3. The van der Waals surface area contributed by atoms with E-state index in [0.29, 0.717) is 44.1 Å². The Hall–Kier alpha value is -2.81. The van der Waals surface area contributed by atoms with Crippen LogP contribution in [0.5, 0.6) is 0 Å². The molecule has 2 fully saturated rings. The zero-order valence-corrected chi connectivity index (χ0v) is 20.2. The van der Waals surface area contributed by atoms with E-state index in [1.807, 2.05) is 6.92 Å². The van der Waals surface area contributed by atoms with Crippen molar-refractivity contribution in [2.24, 2.45) is 11.8 Å². The number of anilines is 1. The first-order valence-electron chi connectivity index (χ1n) is 12.5. The lowest BCUT2D eigenvalue weighted by Crippen LogP contribution is -2.49. The lowest BCUT2D eigenvalue weighted by atomic mass is 9.79. The Kier molecular flexibility index (Phi) is 8.15. The van der Waals surface area contributed by atoms with Crippen molar-refractivity contribution in [3.8, 4) is 0 Å². The summed E-state index contributed by atoms with van der Waals surface area (Å²) in [7, 11) is 0. The zero-order valence-electron chi connectivity index (χ0n) is 20.2. The van der Waals surface area contributed by atoms with Gasteiger partial charge in [-0.05, 0) is 62.0 Å². The largest absolute Gasteiger partial charge is 0.381 e. The minimum absolute atomic E-state index is 0.0310. The van der Waals surface area contributed by atoms with Gasteiger partial charge in [-0.15, -0.1) is 0 Å². The van der Waals surface area contributed by atoms with Crippen LogP contribution in [0.1, 0.15) is 79.9 Å². The van der Waals surface area contributed by atoms with Gasteiger partial charge in [-0.3, -0.25) is 9.59 Å². The van der Waals surface area contributed by atoms with E-state index in [2.05, 4.69) is 22.7 Å². The first kappa shape index (κ1) is 25.3. The highest BCUT2D eigenvalue weighted by atomic mass is 19.1. The first-order chi connectivity index (χ1) is 16.9. The molecule has 2 amide bonds. The summed E-state index contributed by atoms with van der Waals surface area (Å²) in [6.45, 7) is 4.96. The molecule has 35 heavy (non-hydrogen) atoms. The monoisotopic (exact) mass is 489 g/mol. The summed E-state index contributed by atoms with van der Waals surface area (Å²) in [5, 5.41) is 9.32. The van der Waals surface area contributed by atoms with E-state index in [1.54, 1.807) is 0 Å². The number of carbonyl (C=O) groups is 2. The van der Waals surface area contributed by atoms with Gasteiger partial charge in [0, 0.05) is 24.5 Å². The smallest absolute Gasteiger partial charge is 0.257 e. The van der Waals surface area contributed by atoms with Crippen LogP contribution in [0.25, 0.3) is 0 Å². The normalized spacial score (nSPS) is 21.9. The van der Waals surface area contributed by atoms with Crippen LogP contribution in [0.2, 0.25) is 0 Å². The number of nitrogens with zero attached hydrogens (tertiary/aromatic N) is 1. The van der Waals surface area contributed by atoms with Crippen molar-refractivity contribution in [1.29, 1.82) is 0 Å². The van der Waals surface area contributed by atoms with E-state index in [-0.39, 0.29) is 28.7 Å². The number of halogens is 2. The number of ether oxygens (including phenoxy) is 1. The van der Waals surface area contributed by atoms with Gasteiger partial charge in [0.25, 0.3) is 5.91 Å². The molecule has 1 saturated carbocycles. The minimum atomic E-state index is -0.851. The van der Waals surface area contributed by atoms with Gasteiger partial charge < -0.3 is 19.9 Å². The molecule has 2 aliphatic rings. The molecule has 1 aromatic heterocycles. The Morgan fingerprint density at radius 2 is 1.74 bits per heavy atom. The molecule has 1 aliphatic carbocycles. The van der Waals surface area contributed by atoms with Gasteiger partial charge in [-0.1, -0.05) is 31.8 Å². The number of aromatic nitrogens is 1. The van der Waals surface area contributed by atoms with Gasteiger partial charge in [0.2, 0.25) is 5.91 Å². The summed E-state index contributed by atoms with van der Waals surface area (Å²) in [5.41, 5.74) is 0.861. The second kappa shape index (κ2) is 11.3. The first-order valence-corrected chi connectivity index (χ1v) is 12.5. The Labute approximate surface area is 204 Å². The summed E-state index contributed by atoms with van der Waals surface area (Å²) in [6.07, 6.45) is 6.32. The quantitative estimate of drug-likeness (QED) is 0.573. The number of hydrogen-bond donors (Lipinski definition) is 2. The van der Waals surface area contributed by atoms with Gasteiger partial charge in [0.05, 0.1) is 5.69 Å². The third kappa shape index (κ3) is 5.89. The number of nitrogens with one attached hydrogen (secondary N) is 2. The molecule has 2 N–H and O–H groups in total. The van der Waals surface area contributed by atoms with Crippen molar-refractivity contribution in [2.45, 2.75) is 70.8 Å². The molecule has 2 aromatic rings. The second-order valence-corrected chi connectivity index (χ2v) is 9.73. The minimum Gasteiger partial charge on any atom is -0.381 e. The van der Waals surface area contributed by atoms with Gasteiger partial charge in [0.15, 0.2) is 0 Å². The number of rotatable bonds is 7. The number of aryl methyl sites for hydroxylation is 1. The van der Waals surface area contributed by atoms with Crippen LogP contribution in [-0.2, 0) is 16.0 Å². The van der Waals surface area contributed by atoms with Crippen molar-refractivity contribution in [1.82, 2.24) is 10.5 Å². The molecule has 1 aliphatic heterocycles. The summed E-state index contributed by atoms with van der Waals surface area (Å²) in [6, 6.07) is 1.46. The van der Waals surface area contributed by atoms with Gasteiger partial charge in [-0.25, -0.2) is 8.78 Å². The van der Waals surface area contributed by atoms with Crippen LogP contribution < -0.4 is 10.6 Å². The summed E-state index contributed by atoms with van der Waals surface area (Å²) in [5.74, 6) is -2.10. The summed E-state index contributed by atoms with van der Waals surface area (Å²) < 4.78 is 40.0. The van der Waals surface area contributed by atoms with E-state index < -0.39 is 29.5 Å². The fourth-order valence-electron chi connectivity index (χ4n) is 5.19. The highest BCUT2D eigenvalue weighted by Crippen LogP contribution is 2.34. The molecule has 1 aromatic carbocycles. The number of carbonyl (C=O) groups excluding carboxylic acids is 2. The molecule has 7 nitrogen and oxygen atoms in total. The molecule has 0 spiro atoms. The van der Waals surface area contributed by atoms with Gasteiger partial charge in [-0.2, -0.15) is 0 Å². The molecule has 2 heterocycles. The number of amides is 2. The van der Waals surface area contributed by atoms with Crippen molar-refractivity contribution >= 4 is 17.5 Å². The lowest BCUT2D eigenvalue weighted by molar-refractivity contribution is -0.119. The van der Waals surface area contributed by atoms with Crippen LogP contribution in [0.15, 0.2) is 22.9 Å². The third-order valence-corrected chi connectivity index (χ3v) is 7.30. The fraction of sp³-hybridized carbons (Fsp3) is 0.577. The van der Waals surface area contributed by atoms with E-state index in [9.17, 15) is 18.4 Å². The maximum Gasteiger partial charge on any atom is 0.257 e. The van der Waals surface area contributed by atoms with E-state index in [0.717, 1.165) is 37.8 Å². The molecular weight excluding hydrogens is 456 g/mol. The molecule has 4 rings (SSSR count). The van der Waals surface area contributed by atoms with Crippen LogP contribution in [-0.4, -0.2) is 36.2 Å². The van der Waals surface area contributed by atoms with Crippen molar-refractivity contribution in [2.75, 3.05) is 18.5 Å². The number of benzene rings is 1. The predicted molar refractivity (Wildman–Crippen MR) is 126 cm³/mol. The van der Waals surface area contributed by atoms with Crippen molar-refractivity contribution in [3.05, 3.63) is 46.9 Å². The predicted octanol–water partition coefficient (Wildman–Crippen LogP) is 4.97. The SMILES string of the molecule is CCc1nocc1C(=O)NC(C(=O)Nc1cc(F)c(C2CCOCC2)c(F)c1)C1CCC(C)CC1. The maximum absolute atomic E-state index is 14.9. The lowest BCUT2D eigenvalue weighted by Gasteiger charge is -2.32. The average molecular weight is 490 g/mol. The molecule has 1 unspecified atom stereocenters. The maximum atomic E-state index is 14.9. The van der Waals surface area contributed by atoms with Crippen LogP contribution in [0.3, 0.4) is 0 Å². The fourth-order valence-corrected chi connectivity index (χ4v) is 5.19. The molecule has 190 valence electrons. The Bertz CT molecular complexity index is 1020. The Morgan fingerprint density at radius 1 is 1.09 bits per heavy atom. The molecule has 0 bridgehead atoms. The van der Waals surface area contributed by atoms with Gasteiger partial charge >= 0.3 is 0 Å². The topological polar surface area (TPSA) is 93.5 Å². The number of hydrogen-bond acceptors (Lipinski definition) is 5. The standard InChI is InChI=1S/C26H33F2N3O4/c1-3-22-19(14-35-31-22)25(32)30-24(17-6-4-15(2)5-7-17)26(33)29-18-12-20(27)23(21(28)13-18)16-8-10-34-11-9-16/h12-17,24H,3-11H2,1-2H3,(H,29,33)(H,30,32). The molecule has 9 heteroatoms. The Morgan fingerprint density at radius 3 is 2.37 bits per heavy atom. The Balaban J connectivity index is 1.53. The van der Waals surface area contributed by atoms with Gasteiger partial charge in [0.1, 0.15) is 29.5 Å². The van der Waals surface area contributed by atoms with Crippen LogP contribution in [0.4, 0.5) is 14.5 Å². The van der Waals surface area contributed by atoms with E-state index >= 15 is 0 Å². The third-order valence-electron chi connectivity index (χ3n) is 7.30. The van der Waals surface area contributed by atoms with Crippen molar-refractivity contribution < 1.29 is 27.6 Å². The highest BCUT2D eigenvalue weighted by molar-refractivity contribution is 6.01.